The number of aromatic nitrogens is 1. The molecule has 0 aliphatic carbocycles. The number of hydrogen-bond donors (Lipinski definition) is 1. The topological polar surface area (TPSA) is 71.5 Å². The number of thiazole rings is 1. The summed E-state index contributed by atoms with van der Waals surface area (Å²) in [6.07, 6.45) is 1.85. The van der Waals surface area contributed by atoms with Crippen LogP contribution in [-0.2, 0) is 16.0 Å². The van der Waals surface area contributed by atoms with E-state index in [1.54, 1.807) is 17.2 Å². The first-order valence-corrected chi connectivity index (χ1v) is 10.5. The molecule has 9 heteroatoms. The molecule has 6 nitrogen and oxygen atoms in total. The number of nitrogens with one attached hydrogen (secondary N) is 1. The first-order valence-electron chi connectivity index (χ1n) is 9.70. The maximum absolute atomic E-state index is 13.8. The van der Waals surface area contributed by atoms with Crippen molar-refractivity contribution in [3.63, 3.8) is 0 Å². The number of benzene rings is 2. The quantitative estimate of drug-likeness (QED) is 0.621. The third kappa shape index (κ3) is 5.05. The van der Waals surface area contributed by atoms with Gasteiger partial charge >= 0.3 is 0 Å². The first-order chi connectivity index (χ1) is 15.0. The van der Waals surface area contributed by atoms with Crippen LogP contribution < -0.4 is 15.0 Å². The highest BCUT2D eigenvalue weighted by molar-refractivity contribution is 7.15. The van der Waals surface area contributed by atoms with Crippen molar-refractivity contribution in [3.05, 3.63) is 70.7 Å². The smallest absolute Gasteiger partial charge is 0.227 e. The van der Waals surface area contributed by atoms with Crippen LogP contribution >= 0.6 is 11.3 Å². The van der Waals surface area contributed by atoms with Crippen molar-refractivity contribution in [3.8, 4) is 5.75 Å². The SMILES string of the molecule is O=C(CCC(=O)N1CCOc2ccccc21)Nc1ncc(Cc2ccc(F)cc2F)s1. The molecule has 2 amide bonds. The Balaban J connectivity index is 1.30. The van der Waals surface area contributed by atoms with Gasteiger partial charge in [-0.05, 0) is 23.8 Å². The third-order valence-electron chi connectivity index (χ3n) is 4.78. The summed E-state index contributed by atoms with van der Waals surface area (Å²) < 4.78 is 32.4. The molecule has 31 heavy (non-hydrogen) atoms. The average molecular weight is 443 g/mol. The minimum atomic E-state index is -0.631. The Labute approximate surface area is 181 Å². The lowest BCUT2D eigenvalue weighted by Crippen LogP contribution is -2.38. The van der Waals surface area contributed by atoms with Crippen molar-refractivity contribution >= 4 is 34.0 Å². The molecular weight excluding hydrogens is 424 g/mol. The summed E-state index contributed by atoms with van der Waals surface area (Å²) in [6.45, 7) is 0.846. The van der Waals surface area contributed by atoms with E-state index in [4.69, 9.17) is 4.74 Å². The predicted octanol–water partition coefficient (Wildman–Crippen LogP) is 4.16. The number of halogens is 2. The lowest BCUT2D eigenvalue weighted by molar-refractivity contribution is -0.122. The summed E-state index contributed by atoms with van der Waals surface area (Å²) in [5.41, 5.74) is 1.05. The number of para-hydroxylation sites is 2. The van der Waals surface area contributed by atoms with E-state index in [-0.39, 0.29) is 31.1 Å². The first kappa shape index (κ1) is 20.9. The number of anilines is 2. The van der Waals surface area contributed by atoms with Crippen LogP contribution in [0.5, 0.6) is 5.75 Å². The normalized spacial score (nSPS) is 12.8. The Bertz CT molecular complexity index is 1120. The van der Waals surface area contributed by atoms with Crippen LogP contribution in [0.25, 0.3) is 0 Å². The van der Waals surface area contributed by atoms with E-state index in [0.717, 1.165) is 10.9 Å². The fraction of sp³-hybridized carbons (Fsp3) is 0.227. The number of fused-ring (bicyclic) bond motifs is 1. The van der Waals surface area contributed by atoms with E-state index in [9.17, 15) is 18.4 Å². The number of rotatable bonds is 6. The largest absolute Gasteiger partial charge is 0.490 e. The molecule has 0 saturated carbocycles. The second-order valence-corrected chi connectivity index (χ2v) is 8.07. The number of ether oxygens (including phenoxy) is 1. The number of carbonyl (C=O) groups is 2. The van der Waals surface area contributed by atoms with Crippen LogP contribution in [0.15, 0.2) is 48.7 Å². The molecule has 2 aromatic carbocycles. The van der Waals surface area contributed by atoms with Crippen LogP contribution in [-0.4, -0.2) is 29.9 Å². The Kier molecular flexibility index (Phi) is 6.22. The van der Waals surface area contributed by atoms with Gasteiger partial charge in [0.1, 0.15) is 24.0 Å². The van der Waals surface area contributed by atoms with Crippen molar-refractivity contribution in [1.29, 1.82) is 0 Å². The van der Waals surface area contributed by atoms with Gasteiger partial charge in [0.05, 0.1) is 12.2 Å². The molecule has 0 saturated heterocycles. The monoisotopic (exact) mass is 443 g/mol. The van der Waals surface area contributed by atoms with Crippen LogP contribution in [0.1, 0.15) is 23.3 Å². The standard InChI is InChI=1S/C22H19F2N3O3S/c23-15-6-5-14(17(24)12-15)11-16-13-25-22(31-16)26-20(28)7-8-21(29)27-9-10-30-19-4-2-1-3-18(19)27/h1-6,12-13H,7-11H2,(H,25,26,28). The summed E-state index contributed by atoms with van der Waals surface area (Å²) in [6, 6.07) is 10.7. The molecular formula is C22H19F2N3O3S. The van der Waals surface area contributed by atoms with Gasteiger partial charge in [0.2, 0.25) is 11.8 Å². The molecule has 160 valence electrons. The molecule has 0 atom stereocenters. The number of hydrogen-bond acceptors (Lipinski definition) is 5. The molecule has 2 heterocycles. The van der Waals surface area contributed by atoms with Gasteiger partial charge in [-0.15, -0.1) is 11.3 Å². The van der Waals surface area contributed by atoms with Crippen LogP contribution in [0.2, 0.25) is 0 Å². The summed E-state index contributed by atoms with van der Waals surface area (Å²) in [5, 5.41) is 3.04. The highest BCUT2D eigenvalue weighted by atomic mass is 32.1. The van der Waals surface area contributed by atoms with E-state index in [2.05, 4.69) is 10.3 Å². The average Bonchev–Trinajstić information content (AvgIpc) is 3.20. The molecule has 0 spiro atoms. The Hall–Kier alpha value is -3.33. The van der Waals surface area contributed by atoms with Crippen molar-refractivity contribution < 1.29 is 23.1 Å². The maximum Gasteiger partial charge on any atom is 0.227 e. The van der Waals surface area contributed by atoms with E-state index in [0.29, 0.717) is 35.3 Å². The van der Waals surface area contributed by atoms with Crippen molar-refractivity contribution in [1.82, 2.24) is 4.98 Å². The Morgan fingerprint density at radius 1 is 1.16 bits per heavy atom. The fourth-order valence-corrected chi connectivity index (χ4v) is 4.12. The molecule has 1 aliphatic heterocycles. The van der Waals surface area contributed by atoms with Crippen LogP contribution in [0.3, 0.4) is 0 Å². The van der Waals surface area contributed by atoms with Gasteiger partial charge in [0.25, 0.3) is 0 Å². The van der Waals surface area contributed by atoms with E-state index < -0.39 is 11.6 Å². The number of nitrogens with zero attached hydrogens (tertiary/aromatic N) is 2. The van der Waals surface area contributed by atoms with Gasteiger partial charge in [-0.3, -0.25) is 9.59 Å². The summed E-state index contributed by atoms with van der Waals surface area (Å²) in [7, 11) is 0. The summed E-state index contributed by atoms with van der Waals surface area (Å²) in [4.78, 5) is 31.3. The molecule has 1 aliphatic rings. The van der Waals surface area contributed by atoms with Crippen LogP contribution in [0.4, 0.5) is 19.6 Å². The van der Waals surface area contributed by atoms with Gasteiger partial charge in [0.15, 0.2) is 5.13 Å². The van der Waals surface area contributed by atoms with Crippen molar-refractivity contribution in [2.24, 2.45) is 0 Å². The van der Waals surface area contributed by atoms with E-state index in [1.165, 1.54) is 23.5 Å². The summed E-state index contributed by atoms with van der Waals surface area (Å²) in [5.74, 6) is -1.09. The highest BCUT2D eigenvalue weighted by Crippen LogP contribution is 2.31. The summed E-state index contributed by atoms with van der Waals surface area (Å²) >= 11 is 1.21. The number of carbonyl (C=O) groups excluding carboxylic acids is 2. The second-order valence-electron chi connectivity index (χ2n) is 6.95. The molecule has 0 unspecified atom stereocenters. The minimum Gasteiger partial charge on any atom is -0.490 e. The predicted molar refractivity (Wildman–Crippen MR) is 113 cm³/mol. The zero-order chi connectivity index (χ0) is 21.8. The molecule has 4 rings (SSSR count). The molecule has 1 aromatic heterocycles. The molecule has 0 radical (unpaired) electrons. The second kappa shape index (κ2) is 9.22. The molecule has 3 aromatic rings. The van der Waals surface area contributed by atoms with E-state index in [1.807, 2.05) is 18.2 Å². The van der Waals surface area contributed by atoms with Gasteiger partial charge in [-0.1, -0.05) is 18.2 Å². The number of amides is 2. The fourth-order valence-electron chi connectivity index (χ4n) is 3.27. The molecule has 1 N–H and O–H groups in total. The lowest BCUT2D eigenvalue weighted by Gasteiger charge is -2.29. The van der Waals surface area contributed by atoms with Gasteiger partial charge in [0, 0.05) is 36.4 Å². The highest BCUT2D eigenvalue weighted by Gasteiger charge is 2.23. The minimum absolute atomic E-state index is 0.0138. The maximum atomic E-state index is 13.8. The Morgan fingerprint density at radius 3 is 2.84 bits per heavy atom. The Morgan fingerprint density at radius 2 is 2.00 bits per heavy atom. The van der Waals surface area contributed by atoms with Crippen LogP contribution in [0, 0.1) is 11.6 Å². The van der Waals surface area contributed by atoms with E-state index >= 15 is 0 Å². The third-order valence-corrected chi connectivity index (χ3v) is 5.69. The van der Waals surface area contributed by atoms with Gasteiger partial charge < -0.3 is 15.0 Å². The molecule has 0 bridgehead atoms. The lowest BCUT2D eigenvalue weighted by atomic mass is 10.1. The molecule has 0 fully saturated rings. The zero-order valence-electron chi connectivity index (χ0n) is 16.4. The van der Waals surface area contributed by atoms with Crippen molar-refractivity contribution in [2.75, 3.05) is 23.4 Å². The van der Waals surface area contributed by atoms with Crippen molar-refractivity contribution in [2.45, 2.75) is 19.3 Å². The van der Waals surface area contributed by atoms with Gasteiger partial charge in [-0.2, -0.15) is 0 Å². The van der Waals surface area contributed by atoms with Gasteiger partial charge in [-0.25, -0.2) is 13.8 Å². The zero-order valence-corrected chi connectivity index (χ0v) is 17.3.